The molecule has 1 N–H and O–H groups in total. The van der Waals surface area contributed by atoms with Gasteiger partial charge in [0, 0.05) is 30.8 Å². The minimum atomic E-state index is -0.349. The molecule has 7 nitrogen and oxygen atoms in total. The van der Waals surface area contributed by atoms with E-state index in [1.165, 1.54) is 11.8 Å². The Labute approximate surface area is 186 Å². The Kier molecular flexibility index (Phi) is 6.52. The lowest BCUT2D eigenvalue weighted by Crippen LogP contribution is -2.30. The number of furan rings is 1. The maximum atomic E-state index is 12.6. The zero-order valence-corrected chi connectivity index (χ0v) is 17.5. The topological polar surface area (TPSA) is 95.6 Å². The molecular weight excluding hydrogens is 406 g/mol. The van der Waals surface area contributed by atoms with Crippen LogP contribution in [-0.4, -0.2) is 24.9 Å². The van der Waals surface area contributed by atoms with Gasteiger partial charge in [0.05, 0.1) is 17.9 Å². The summed E-state index contributed by atoms with van der Waals surface area (Å²) in [6, 6.07) is 18.5. The number of hydrogen-bond donors (Lipinski definition) is 1. The Hall–Kier alpha value is -4.05. The summed E-state index contributed by atoms with van der Waals surface area (Å²) >= 11 is 0. The molecule has 0 radical (unpaired) electrons. The van der Waals surface area contributed by atoms with E-state index in [0.29, 0.717) is 42.8 Å². The summed E-state index contributed by atoms with van der Waals surface area (Å²) in [7, 11) is 0. The summed E-state index contributed by atoms with van der Waals surface area (Å²) in [6.07, 6.45) is 3.21. The van der Waals surface area contributed by atoms with Gasteiger partial charge in [-0.05, 0) is 48.7 Å². The van der Waals surface area contributed by atoms with Crippen molar-refractivity contribution >= 4 is 17.5 Å². The second-order valence-electron chi connectivity index (χ2n) is 7.49. The minimum absolute atomic E-state index is 0.0656. The third-order valence-electron chi connectivity index (χ3n) is 5.35. The number of anilines is 1. The normalized spacial score (nSPS) is 12.2. The Morgan fingerprint density at radius 3 is 2.91 bits per heavy atom. The molecule has 2 heterocycles. The first-order valence-corrected chi connectivity index (χ1v) is 10.5. The van der Waals surface area contributed by atoms with E-state index in [2.05, 4.69) is 11.4 Å². The van der Waals surface area contributed by atoms with Crippen molar-refractivity contribution in [3.05, 3.63) is 83.3 Å². The third-order valence-corrected chi connectivity index (χ3v) is 5.35. The molecular formula is C25H23N3O4. The van der Waals surface area contributed by atoms with Crippen LogP contribution in [0.2, 0.25) is 0 Å². The summed E-state index contributed by atoms with van der Waals surface area (Å²) in [5.74, 6) is 0.439. The second kappa shape index (κ2) is 9.84. The predicted octanol–water partition coefficient (Wildman–Crippen LogP) is 3.83. The number of fused-ring (bicyclic) bond motifs is 1. The van der Waals surface area contributed by atoms with Gasteiger partial charge in [-0.1, -0.05) is 24.3 Å². The van der Waals surface area contributed by atoms with Crippen LogP contribution in [0.15, 0.2) is 65.3 Å². The van der Waals surface area contributed by atoms with Gasteiger partial charge < -0.3 is 19.4 Å². The van der Waals surface area contributed by atoms with E-state index in [4.69, 9.17) is 14.4 Å². The highest BCUT2D eigenvalue weighted by Gasteiger charge is 2.23. The van der Waals surface area contributed by atoms with Gasteiger partial charge in [-0.3, -0.25) is 9.59 Å². The average Bonchev–Trinajstić information content (AvgIpc) is 3.47. The Bertz CT molecular complexity index is 1160. The molecule has 2 amide bonds. The van der Waals surface area contributed by atoms with E-state index in [0.717, 1.165) is 12.1 Å². The number of nitrogens with zero attached hydrogens (tertiary/aromatic N) is 2. The summed E-state index contributed by atoms with van der Waals surface area (Å²) < 4.78 is 11.0. The van der Waals surface area contributed by atoms with E-state index in [-0.39, 0.29) is 24.2 Å². The van der Waals surface area contributed by atoms with E-state index < -0.39 is 0 Å². The van der Waals surface area contributed by atoms with Crippen molar-refractivity contribution in [1.29, 1.82) is 5.26 Å². The summed E-state index contributed by atoms with van der Waals surface area (Å²) in [5, 5.41) is 11.8. The molecule has 0 aliphatic carbocycles. The van der Waals surface area contributed by atoms with Crippen molar-refractivity contribution in [2.75, 3.05) is 18.0 Å². The van der Waals surface area contributed by atoms with Gasteiger partial charge in [0.2, 0.25) is 5.91 Å². The van der Waals surface area contributed by atoms with Gasteiger partial charge >= 0.3 is 0 Å². The third kappa shape index (κ3) is 4.81. The Morgan fingerprint density at radius 1 is 1.16 bits per heavy atom. The zero-order valence-electron chi connectivity index (χ0n) is 17.5. The number of carbonyl (C=O) groups excluding carboxylic acids is 2. The minimum Gasteiger partial charge on any atom is -0.489 e. The molecule has 0 saturated carbocycles. The molecule has 0 spiro atoms. The summed E-state index contributed by atoms with van der Waals surface area (Å²) in [4.78, 5) is 26.9. The van der Waals surface area contributed by atoms with Crippen LogP contribution >= 0.6 is 0 Å². The number of carbonyl (C=O) groups is 2. The van der Waals surface area contributed by atoms with E-state index in [1.807, 2.05) is 29.2 Å². The molecule has 0 atom stereocenters. The molecule has 0 saturated heterocycles. The molecule has 7 heteroatoms. The zero-order chi connectivity index (χ0) is 22.3. The summed E-state index contributed by atoms with van der Waals surface area (Å²) in [6.45, 7) is 1.21. The van der Waals surface area contributed by atoms with Crippen molar-refractivity contribution in [2.45, 2.75) is 25.9 Å². The smallest absolute Gasteiger partial charge is 0.287 e. The maximum absolute atomic E-state index is 12.6. The lowest BCUT2D eigenvalue weighted by molar-refractivity contribution is -0.118. The van der Waals surface area contributed by atoms with Gasteiger partial charge in [0.15, 0.2) is 5.76 Å². The van der Waals surface area contributed by atoms with Gasteiger partial charge in [-0.25, -0.2) is 0 Å². The highest BCUT2D eigenvalue weighted by Crippen LogP contribution is 2.28. The van der Waals surface area contributed by atoms with Gasteiger partial charge in [0.25, 0.3) is 5.91 Å². The fraction of sp³-hybridized carbons (Fsp3) is 0.240. The fourth-order valence-corrected chi connectivity index (χ4v) is 3.72. The second-order valence-corrected chi connectivity index (χ2v) is 7.49. The lowest BCUT2D eigenvalue weighted by atomic mass is 10.2. The molecule has 0 fully saturated rings. The van der Waals surface area contributed by atoms with Crippen LogP contribution in [0.5, 0.6) is 5.75 Å². The average molecular weight is 429 g/mol. The Balaban J connectivity index is 1.24. The van der Waals surface area contributed by atoms with Crippen LogP contribution in [0, 0.1) is 11.3 Å². The van der Waals surface area contributed by atoms with Crippen LogP contribution in [0.3, 0.4) is 0 Å². The number of nitriles is 1. The van der Waals surface area contributed by atoms with E-state index in [9.17, 15) is 9.59 Å². The van der Waals surface area contributed by atoms with Gasteiger partial charge in [-0.2, -0.15) is 5.26 Å². The van der Waals surface area contributed by atoms with Crippen molar-refractivity contribution in [1.82, 2.24) is 5.32 Å². The number of para-hydroxylation sites is 1. The Morgan fingerprint density at radius 2 is 2.03 bits per heavy atom. The quantitative estimate of drug-likeness (QED) is 0.549. The molecule has 3 aromatic rings. The molecule has 1 aliphatic heterocycles. The number of ether oxygens (including phenoxy) is 1. The van der Waals surface area contributed by atoms with Crippen LogP contribution in [0.4, 0.5) is 5.69 Å². The van der Waals surface area contributed by atoms with Gasteiger partial charge in [0.1, 0.15) is 12.4 Å². The van der Waals surface area contributed by atoms with Crippen molar-refractivity contribution in [3.8, 4) is 11.8 Å². The molecule has 0 bridgehead atoms. The highest BCUT2D eigenvalue weighted by atomic mass is 16.5. The number of hydrogen-bond acceptors (Lipinski definition) is 5. The van der Waals surface area contributed by atoms with Crippen LogP contribution in [0.25, 0.3) is 0 Å². The van der Waals surface area contributed by atoms with Crippen molar-refractivity contribution < 1.29 is 18.7 Å². The van der Waals surface area contributed by atoms with E-state index >= 15 is 0 Å². The van der Waals surface area contributed by atoms with Gasteiger partial charge in [-0.15, -0.1) is 0 Å². The number of rotatable bonds is 8. The number of amides is 2. The first-order valence-electron chi connectivity index (χ1n) is 10.5. The molecule has 4 rings (SSSR count). The summed E-state index contributed by atoms with van der Waals surface area (Å²) in [5.41, 5.74) is 3.29. The molecule has 2 aromatic carbocycles. The van der Waals surface area contributed by atoms with E-state index in [1.54, 1.807) is 30.3 Å². The van der Waals surface area contributed by atoms with Crippen molar-refractivity contribution in [2.24, 2.45) is 0 Å². The van der Waals surface area contributed by atoms with Crippen LogP contribution in [0.1, 0.15) is 40.1 Å². The predicted molar refractivity (Wildman–Crippen MR) is 118 cm³/mol. The first-order chi connectivity index (χ1) is 15.7. The van der Waals surface area contributed by atoms with Crippen LogP contribution in [-0.2, 0) is 17.8 Å². The highest BCUT2D eigenvalue weighted by molar-refractivity contribution is 5.95. The monoisotopic (exact) mass is 429 g/mol. The lowest BCUT2D eigenvalue weighted by Gasteiger charge is -2.17. The van der Waals surface area contributed by atoms with Crippen LogP contribution < -0.4 is 15.0 Å². The fourth-order valence-electron chi connectivity index (χ4n) is 3.72. The SMILES string of the molecule is N#Cc1cccc(OCc2ccoc2C(=O)NCCCC(=O)N2CCc3ccccc32)c1. The molecule has 1 aromatic heterocycles. The first kappa shape index (κ1) is 21.2. The molecule has 1 aliphatic rings. The van der Waals surface area contributed by atoms with Crippen molar-refractivity contribution in [3.63, 3.8) is 0 Å². The molecule has 32 heavy (non-hydrogen) atoms. The largest absolute Gasteiger partial charge is 0.489 e. The molecule has 0 unspecified atom stereocenters. The standard InChI is InChI=1S/C25H23N3O4/c26-16-18-5-3-7-21(15-18)32-17-20-11-14-31-24(20)25(30)27-12-4-9-23(29)28-13-10-19-6-1-2-8-22(19)28/h1-3,5-8,11,14-15H,4,9-10,12-13,17H2,(H,27,30). The number of nitrogens with one attached hydrogen (secondary N) is 1. The number of benzene rings is 2. The maximum Gasteiger partial charge on any atom is 0.287 e. The molecule has 162 valence electrons.